The molecule has 3 rings (SSSR count). The van der Waals surface area contributed by atoms with Gasteiger partial charge in [-0.2, -0.15) is 0 Å². The molecule has 0 unspecified atom stereocenters. The Morgan fingerprint density at radius 2 is 1.65 bits per heavy atom. The van der Waals surface area contributed by atoms with Gasteiger partial charge in [-0.05, 0) is 47.7 Å². The third kappa shape index (κ3) is 3.35. The van der Waals surface area contributed by atoms with Gasteiger partial charge in [0.05, 0.1) is 10.6 Å². The van der Waals surface area contributed by atoms with E-state index < -0.39 is 0 Å². The highest BCUT2D eigenvalue weighted by Crippen LogP contribution is 2.35. The van der Waals surface area contributed by atoms with Gasteiger partial charge in [0.15, 0.2) is 0 Å². The minimum absolute atomic E-state index is 0.0852. The summed E-state index contributed by atoms with van der Waals surface area (Å²) in [6, 6.07) is 15.6. The van der Waals surface area contributed by atoms with Crippen molar-refractivity contribution in [3.63, 3.8) is 0 Å². The van der Waals surface area contributed by atoms with Crippen molar-refractivity contribution >= 4 is 34.7 Å². The van der Waals surface area contributed by atoms with Gasteiger partial charge in [0.25, 0.3) is 11.1 Å². The first-order valence-corrected chi connectivity index (χ1v) is 7.75. The lowest BCUT2D eigenvalue weighted by atomic mass is 10.2. The van der Waals surface area contributed by atoms with Crippen LogP contribution in [0.2, 0.25) is 0 Å². The van der Waals surface area contributed by atoms with Gasteiger partial charge >= 0.3 is 0 Å². The van der Waals surface area contributed by atoms with Crippen molar-refractivity contribution in [3.05, 3.63) is 77.2 Å². The van der Waals surface area contributed by atoms with Gasteiger partial charge in [0, 0.05) is 0 Å². The highest BCUT2D eigenvalue weighted by molar-refractivity contribution is 8.18. The van der Waals surface area contributed by atoms with Crippen LogP contribution in [0.25, 0.3) is 6.08 Å². The molecule has 0 atom stereocenters. The Balaban J connectivity index is 1.79. The second-order valence-electron chi connectivity index (χ2n) is 4.83. The van der Waals surface area contributed by atoms with E-state index in [1.165, 1.54) is 24.3 Å². The number of hydrogen-bond donors (Lipinski definition) is 1. The lowest BCUT2D eigenvalue weighted by Gasteiger charge is -2.11. The molecular formula is C18H13NO3S. The van der Waals surface area contributed by atoms with E-state index in [9.17, 15) is 14.7 Å². The Labute approximate surface area is 137 Å². The van der Waals surface area contributed by atoms with Crippen LogP contribution in [-0.2, 0) is 4.79 Å². The van der Waals surface area contributed by atoms with Crippen molar-refractivity contribution < 1.29 is 14.7 Å². The average Bonchev–Trinajstić information content (AvgIpc) is 2.84. The number of carbonyl (C=O) groups excluding carboxylic acids is 2. The third-order valence-electron chi connectivity index (χ3n) is 3.24. The molecular weight excluding hydrogens is 310 g/mol. The number of amides is 2. The van der Waals surface area contributed by atoms with Gasteiger partial charge in [-0.3, -0.25) is 9.59 Å². The summed E-state index contributed by atoms with van der Waals surface area (Å²) in [6.07, 6.45) is 5.26. The van der Waals surface area contributed by atoms with Crippen molar-refractivity contribution in [2.24, 2.45) is 0 Å². The number of imide groups is 1. The lowest BCUT2D eigenvalue weighted by molar-refractivity contribution is -0.113. The summed E-state index contributed by atoms with van der Waals surface area (Å²) in [5.74, 6) is -0.273. The second kappa shape index (κ2) is 6.54. The molecule has 0 aromatic heterocycles. The fourth-order valence-electron chi connectivity index (χ4n) is 2.12. The van der Waals surface area contributed by atoms with Gasteiger partial charge in [0.1, 0.15) is 5.75 Å². The quantitative estimate of drug-likeness (QED) is 0.861. The van der Waals surface area contributed by atoms with Crippen LogP contribution >= 0.6 is 11.8 Å². The number of hydrogen-bond acceptors (Lipinski definition) is 4. The average molecular weight is 323 g/mol. The zero-order valence-corrected chi connectivity index (χ0v) is 12.9. The molecule has 1 heterocycles. The number of carbonyl (C=O) groups is 2. The summed E-state index contributed by atoms with van der Waals surface area (Å²) < 4.78 is 0. The Bertz CT molecular complexity index is 795. The molecule has 1 fully saturated rings. The van der Waals surface area contributed by atoms with Crippen LogP contribution in [0.15, 0.2) is 71.7 Å². The smallest absolute Gasteiger partial charge is 0.298 e. The largest absolute Gasteiger partial charge is 0.508 e. The Morgan fingerprint density at radius 1 is 0.957 bits per heavy atom. The molecule has 23 heavy (non-hydrogen) atoms. The normalized spacial score (nSPS) is 16.7. The molecule has 0 bridgehead atoms. The summed E-state index contributed by atoms with van der Waals surface area (Å²) in [7, 11) is 0. The Hall–Kier alpha value is -2.79. The molecule has 0 aliphatic carbocycles. The second-order valence-corrected chi connectivity index (χ2v) is 5.82. The van der Waals surface area contributed by atoms with Crippen LogP contribution in [0.1, 0.15) is 5.56 Å². The van der Waals surface area contributed by atoms with E-state index in [1.807, 2.05) is 36.4 Å². The summed E-state index contributed by atoms with van der Waals surface area (Å²) in [6.45, 7) is 0. The van der Waals surface area contributed by atoms with Crippen LogP contribution in [0.5, 0.6) is 5.75 Å². The third-order valence-corrected chi connectivity index (χ3v) is 4.13. The molecule has 5 heteroatoms. The fourth-order valence-corrected chi connectivity index (χ4v) is 2.91. The van der Waals surface area contributed by atoms with Crippen LogP contribution in [-0.4, -0.2) is 16.3 Å². The maximum absolute atomic E-state index is 12.4. The number of aromatic hydroxyl groups is 1. The molecule has 0 saturated carbocycles. The first-order chi connectivity index (χ1) is 11.1. The number of phenolic OH excluding ortho intramolecular Hbond substituents is 1. The molecule has 0 spiro atoms. The van der Waals surface area contributed by atoms with Gasteiger partial charge in [-0.25, -0.2) is 4.90 Å². The van der Waals surface area contributed by atoms with Crippen molar-refractivity contribution in [2.45, 2.75) is 0 Å². The van der Waals surface area contributed by atoms with Gasteiger partial charge in [-0.1, -0.05) is 42.5 Å². The molecule has 0 radical (unpaired) electrons. The number of anilines is 1. The van der Waals surface area contributed by atoms with Gasteiger partial charge < -0.3 is 5.11 Å². The number of allylic oxidation sites excluding steroid dienone is 2. The van der Waals surface area contributed by atoms with Crippen molar-refractivity contribution in [3.8, 4) is 5.75 Å². The van der Waals surface area contributed by atoms with Crippen LogP contribution in [0.3, 0.4) is 0 Å². The molecule has 2 aromatic rings. The van der Waals surface area contributed by atoms with Gasteiger partial charge in [-0.15, -0.1) is 0 Å². The molecule has 4 nitrogen and oxygen atoms in total. The maximum atomic E-state index is 12.4. The molecule has 2 amide bonds. The molecule has 1 aliphatic heterocycles. The van der Waals surface area contributed by atoms with Crippen LogP contribution < -0.4 is 4.90 Å². The van der Waals surface area contributed by atoms with E-state index in [2.05, 4.69) is 0 Å². The summed E-state index contributed by atoms with van der Waals surface area (Å²) in [5.41, 5.74) is 1.46. The standard InChI is InChI=1S/C18H13NO3S/c20-15-11-9-14(10-12-15)19-17(21)16(23-18(19)22)8-4-7-13-5-2-1-3-6-13/h1-12,20H/b7-4+,16-8-. The van der Waals surface area contributed by atoms with E-state index in [4.69, 9.17) is 0 Å². The zero-order valence-electron chi connectivity index (χ0n) is 12.0. The summed E-state index contributed by atoms with van der Waals surface area (Å²) in [4.78, 5) is 25.9. The number of phenols is 1. The Kier molecular flexibility index (Phi) is 4.30. The highest BCUT2D eigenvalue weighted by atomic mass is 32.2. The van der Waals surface area contributed by atoms with Crippen molar-refractivity contribution in [1.82, 2.24) is 0 Å². The SMILES string of the molecule is O=C1S/C(=C\C=C\c2ccccc2)C(=O)N1c1ccc(O)cc1. The first-order valence-electron chi connectivity index (χ1n) is 6.94. The number of thioether (sulfide) groups is 1. The minimum Gasteiger partial charge on any atom is -0.508 e. The van der Waals surface area contributed by atoms with Crippen molar-refractivity contribution in [1.29, 1.82) is 0 Å². The predicted molar refractivity (Wildman–Crippen MR) is 92.1 cm³/mol. The van der Waals surface area contributed by atoms with Crippen LogP contribution in [0.4, 0.5) is 10.5 Å². The zero-order chi connectivity index (χ0) is 16.2. The summed E-state index contributed by atoms with van der Waals surface area (Å²) in [5, 5.41) is 8.95. The molecule has 114 valence electrons. The molecule has 1 saturated heterocycles. The first kappa shape index (κ1) is 15.1. The van der Waals surface area contributed by atoms with Crippen LogP contribution in [0, 0.1) is 0 Å². The highest BCUT2D eigenvalue weighted by Gasteiger charge is 2.35. The number of benzene rings is 2. The topological polar surface area (TPSA) is 57.6 Å². The molecule has 2 aromatic carbocycles. The Morgan fingerprint density at radius 3 is 2.35 bits per heavy atom. The maximum Gasteiger partial charge on any atom is 0.298 e. The fraction of sp³-hybridized carbons (Fsp3) is 0. The van der Waals surface area contributed by atoms with E-state index in [1.54, 1.807) is 12.2 Å². The number of rotatable bonds is 3. The van der Waals surface area contributed by atoms with Gasteiger partial charge in [0.2, 0.25) is 0 Å². The van der Waals surface area contributed by atoms with Crippen molar-refractivity contribution in [2.75, 3.05) is 4.90 Å². The predicted octanol–water partition coefficient (Wildman–Crippen LogP) is 4.19. The molecule has 1 N–H and O–H groups in total. The summed E-state index contributed by atoms with van der Waals surface area (Å²) >= 11 is 0.901. The van der Waals surface area contributed by atoms with E-state index in [0.29, 0.717) is 10.6 Å². The van der Waals surface area contributed by atoms with E-state index >= 15 is 0 Å². The molecule has 1 aliphatic rings. The van der Waals surface area contributed by atoms with E-state index in [-0.39, 0.29) is 16.9 Å². The minimum atomic E-state index is -0.358. The van der Waals surface area contributed by atoms with E-state index in [0.717, 1.165) is 22.2 Å². The monoisotopic (exact) mass is 323 g/mol. The lowest BCUT2D eigenvalue weighted by Crippen LogP contribution is -2.27. The number of nitrogens with zero attached hydrogens (tertiary/aromatic N) is 1.